The molecule has 0 saturated carbocycles. The van der Waals surface area contributed by atoms with E-state index >= 15 is 0 Å². The van der Waals surface area contributed by atoms with Crippen molar-refractivity contribution in [2.24, 2.45) is 0 Å². The molecule has 132 valence electrons. The van der Waals surface area contributed by atoms with Gasteiger partial charge in [-0.3, -0.25) is 0 Å². The van der Waals surface area contributed by atoms with Gasteiger partial charge in [-0.05, 0) is 54.1 Å². The molecule has 3 aromatic rings. The van der Waals surface area contributed by atoms with E-state index in [9.17, 15) is 4.79 Å². The molecule has 4 heteroatoms. The minimum atomic E-state index is -0.405. The predicted molar refractivity (Wildman–Crippen MR) is 102 cm³/mol. The van der Waals surface area contributed by atoms with Crippen molar-refractivity contribution in [2.45, 2.75) is 6.92 Å². The predicted octanol–water partition coefficient (Wildman–Crippen LogP) is 5.13. The van der Waals surface area contributed by atoms with Crippen LogP contribution in [-0.4, -0.2) is 19.2 Å². The van der Waals surface area contributed by atoms with E-state index in [0.29, 0.717) is 12.2 Å². The van der Waals surface area contributed by atoms with Gasteiger partial charge >= 0.3 is 5.97 Å². The summed E-state index contributed by atoms with van der Waals surface area (Å²) in [5.41, 5.74) is 0.379. The standard InChI is InChI=1S/C22H20O4/c1-16(2)22(23)25-13-12-24-20-10-8-18-15-21(11-9-17(18)14-20)26-19-6-4-3-5-7-19/h3-11,14-15H,1,12-13H2,2H3. The molecule has 0 heterocycles. The van der Waals surface area contributed by atoms with E-state index in [0.717, 1.165) is 28.0 Å². The van der Waals surface area contributed by atoms with Gasteiger partial charge in [0.1, 0.15) is 30.5 Å². The van der Waals surface area contributed by atoms with Crippen molar-refractivity contribution in [1.29, 1.82) is 0 Å². The number of carbonyl (C=O) groups excluding carboxylic acids is 1. The summed E-state index contributed by atoms with van der Waals surface area (Å²) in [5, 5.41) is 2.10. The van der Waals surface area contributed by atoms with Crippen molar-refractivity contribution < 1.29 is 19.0 Å². The van der Waals surface area contributed by atoms with Gasteiger partial charge in [0, 0.05) is 5.57 Å². The van der Waals surface area contributed by atoms with Crippen LogP contribution in [0.2, 0.25) is 0 Å². The summed E-state index contributed by atoms with van der Waals surface area (Å²) in [6, 6.07) is 21.4. The van der Waals surface area contributed by atoms with Crippen molar-refractivity contribution in [3.8, 4) is 17.2 Å². The van der Waals surface area contributed by atoms with Gasteiger partial charge < -0.3 is 14.2 Å². The number of ether oxygens (including phenoxy) is 3. The Kier molecular flexibility index (Phi) is 5.54. The first kappa shape index (κ1) is 17.5. The van der Waals surface area contributed by atoms with Crippen molar-refractivity contribution in [3.05, 3.63) is 78.9 Å². The first-order valence-electron chi connectivity index (χ1n) is 8.34. The smallest absolute Gasteiger partial charge is 0.333 e. The van der Waals surface area contributed by atoms with Gasteiger partial charge in [-0.1, -0.05) is 36.9 Å². The van der Waals surface area contributed by atoms with Crippen LogP contribution in [0.3, 0.4) is 0 Å². The lowest BCUT2D eigenvalue weighted by molar-refractivity contribution is -0.139. The van der Waals surface area contributed by atoms with Gasteiger partial charge in [0.25, 0.3) is 0 Å². The lowest BCUT2D eigenvalue weighted by atomic mass is 10.1. The highest BCUT2D eigenvalue weighted by Gasteiger charge is 2.04. The second kappa shape index (κ2) is 8.21. The summed E-state index contributed by atoms with van der Waals surface area (Å²) in [7, 11) is 0. The van der Waals surface area contributed by atoms with Crippen molar-refractivity contribution in [3.63, 3.8) is 0 Å². The van der Waals surface area contributed by atoms with Gasteiger partial charge in [0.05, 0.1) is 0 Å². The Morgan fingerprint density at radius 2 is 1.50 bits per heavy atom. The Labute approximate surface area is 152 Å². The second-order valence-corrected chi connectivity index (χ2v) is 5.85. The molecular formula is C22H20O4. The molecule has 0 atom stereocenters. The zero-order valence-corrected chi connectivity index (χ0v) is 14.6. The molecule has 0 spiro atoms. The number of para-hydroxylation sites is 1. The van der Waals surface area contributed by atoms with Gasteiger partial charge in [-0.15, -0.1) is 0 Å². The van der Waals surface area contributed by atoms with E-state index < -0.39 is 5.97 Å². The third-order valence-electron chi connectivity index (χ3n) is 3.70. The van der Waals surface area contributed by atoms with Crippen LogP contribution in [0.15, 0.2) is 78.9 Å². The average Bonchev–Trinajstić information content (AvgIpc) is 2.65. The maximum Gasteiger partial charge on any atom is 0.333 e. The van der Waals surface area contributed by atoms with E-state index in [1.165, 1.54) is 0 Å². The van der Waals surface area contributed by atoms with Gasteiger partial charge in [-0.25, -0.2) is 4.79 Å². The fraction of sp³-hybridized carbons (Fsp3) is 0.136. The summed E-state index contributed by atoms with van der Waals surface area (Å²) in [6.45, 7) is 5.63. The first-order valence-corrected chi connectivity index (χ1v) is 8.34. The average molecular weight is 348 g/mol. The first-order chi connectivity index (χ1) is 12.6. The third kappa shape index (κ3) is 4.63. The zero-order chi connectivity index (χ0) is 18.4. The minimum absolute atomic E-state index is 0.188. The molecule has 0 aliphatic carbocycles. The van der Waals surface area contributed by atoms with Crippen LogP contribution >= 0.6 is 0 Å². The van der Waals surface area contributed by atoms with Gasteiger partial charge in [0.15, 0.2) is 0 Å². The van der Waals surface area contributed by atoms with E-state index in [1.807, 2.05) is 66.7 Å². The molecule has 0 amide bonds. The Morgan fingerprint density at radius 3 is 2.19 bits per heavy atom. The number of carbonyl (C=O) groups is 1. The molecule has 3 rings (SSSR count). The second-order valence-electron chi connectivity index (χ2n) is 5.85. The van der Waals surface area contributed by atoms with Crippen LogP contribution < -0.4 is 9.47 Å². The zero-order valence-electron chi connectivity index (χ0n) is 14.6. The molecule has 26 heavy (non-hydrogen) atoms. The monoisotopic (exact) mass is 348 g/mol. The Hall–Kier alpha value is -3.27. The fourth-order valence-electron chi connectivity index (χ4n) is 2.40. The molecule has 0 bridgehead atoms. The number of benzene rings is 3. The molecule has 0 unspecified atom stereocenters. The van der Waals surface area contributed by atoms with Crippen LogP contribution in [0.4, 0.5) is 0 Å². The van der Waals surface area contributed by atoms with Gasteiger partial charge in [0.2, 0.25) is 0 Å². The lowest BCUT2D eigenvalue weighted by Gasteiger charge is -2.10. The highest BCUT2D eigenvalue weighted by Crippen LogP contribution is 2.27. The highest BCUT2D eigenvalue weighted by molar-refractivity contribution is 5.87. The maximum absolute atomic E-state index is 11.3. The number of esters is 1. The SMILES string of the molecule is C=C(C)C(=O)OCCOc1ccc2cc(Oc3ccccc3)ccc2c1. The molecule has 0 aromatic heterocycles. The number of fused-ring (bicyclic) bond motifs is 1. The summed E-state index contributed by atoms with van der Waals surface area (Å²) in [4.78, 5) is 11.3. The Balaban J connectivity index is 1.61. The van der Waals surface area contributed by atoms with Gasteiger partial charge in [-0.2, -0.15) is 0 Å². The normalized spacial score (nSPS) is 10.3. The van der Waals surface area contributed by atoms with E-state index in [1.54, 1.807) is 6.92 Å². The van der Waals surface area contributed by atoms with Crippen LogP contribution in [-0.2, 0) is 9.53 Å². The van der Waals surface area contributed by atoms with E-state index in [2.05, 4.69) is 6.58 Å². The van der Waals surface area contributed by atoms with Crippen LogP contribution in [0.25, 0.3) is 10.8 Å². The summed E-state index contributed by atoms with van der Waals surface area (Å²) >= 11 is 0. The molecule has 3 aromatic carbocycles. The fourth-order valence-corrected chi connectivity index (χ4v) is 2.40. The minimum Gasteiger partial charge on any atom is -0.490 e. The third-order valence-corrected chi connectivity index (χ3v) is 3.70. The van der Waals surface area contributed by atoms with E-state index in [-0.39, 0.29) is 6.61 Å². The largest absolute Gasteiger partial charge is 0.490 e. The molecule has 0 saturated heterocycles. The van der Waals surface area contributed by atoms with Crippen LogP contribution in [0.1, 0.15) is 6.92 Å². The van der Waals surface area contributed by atoms with Crippen molar-refractivity contribution in [1.82, 2.24) is 0 Å². The number of rotatable bonds is 7. The summed E-state index contributed by atoms with van der Waals surface area (Å²) in [5.74, 6) is 1.90. The Bertz CT molecular complexity index is 916. The summed E-state index contributed by atoms with van der Waals surface area (Å²) < 4.78 is 16.5. The number of hydrogen-bond donors (Lipinski definition) is 0. The molecule has 0 aliphatic heterocycles. The summed E-state index contributed by atoms with van der Waals surface area (Å²) in [6.07, 6.45) is 0. The van der Waals surface area contributed by atoms with E-state index in [4.69, 9.17) is 14.2 Å². The highest BCUT2D eigenvalue weighted by atomic mass is 16.6. The quantitative estimate of drug-likeness (QED) is 0.337. The lowest BCUT2D eigenvalue weighted by Crippen LogP contribution is -2.12. The maximum atomic E-state index is 11.3. The molecule has 4 nitrogen and oxygen atoms in total. The van der Waals surface area contributed by atoms with Crippen molar-refractivity contribution in [2.75, 3.05) is 13.2 Å². The molecule has 0 radical (unpaired) electrons. The molecular weight excluding hydrogens is 328 g/mol. The number of hydrogen-bond acceptors (Lipinski definition) is 4. The molecule has 0 aliphatic rings. The molecule has 0 fully saturated rings. The van der Waals surface area contributed by atoms with Crippen LogP contribution in [0, 0.1) is 0 Å². The Morgan fingerprint density at radius 1 is 0.846 bits per heavy atom. The van der Waals surface area contributed by atoms with Crippen molar-refractivity contribution >= 4 is 16.7 Å². The topological polar surface area (TPSA) is 44.8 Å². The van der Waals surface area contributed by atoms with Crippen LogP contribution in [0.5, 0.6) is 17.2 Å². The molecule has 0 N–H and O–H groups in total.